The third kappa shape index (κ3) is 2.58. The molecule has 1 aliphatic carbocycles. The number of benzene rings is 1. The smallest absolute Gasteiger partial charge is 0.324 e. The molecule has 1 fully saturated rings. The summed E-state index contributed by atoms with van der Waals surface area (Å²) in [5.41, 5.74) is 0.563. The number of carbonyl (C=O) groups excluding carboxylic acids is 1. The highest BCUT2D eigenvalue weighted by Crippen LogP contribution is 2.47. The lowest BCUT2D eigenvalue weighted by molar-refractivity contribution is -0.380. The van der Waals surface area contributed by atoms with Gasteiger partial charge in [-0.2, -0.15) is 0 Å². The van der Waals surface area contributed by atoms with Crippen molar-refractivity contribution in [3.8, 4) is 11.5 Å². The zero-order chi connectivity index (χ0) is 16.7. The zero-order valence-corrected chi connectivity index (χ0v) is 13.4. The largest absolute Gasteiger partial charge is 0.448 e. The van der Waals surface area contributed by atoms with Gasteiger partial charge in [0.2, 0.25) is 0 Å². The van der Waals surface area contributed by atoms with Crippen molar-refractivity contribution in [2.24, 2.45) is 0 Å². The Morgan fingerprint density at radius 1 is 1.17 bits per heavy atom. The van der Waals surface area contributed by atoms with E-state index in [0.29, 0.717) is 17.2 Å². The van der Waals surface area contributed by atoms with Gasteiger partial charge < -0.3 is 14.8 Å². The third-order valence-corrected chi connectivity index (χ3v) is 5.19. The fraction of sp³-hybridized carbons (Fsp3) is 0.312. The number of anilines is 1. The SMILES string of the molecule is O=C(Nc1ccc2c(c1)OC1(CCCC1)O2)c1ccc([N+](=O)[O-])s1. The number of fused-ring (bicyclic) bond motifs is 1. The van der Waals surface area contributed by atoms with E-state index in [-0.39, 0.29) is 15.8 Å². The molecule has 1 aromatic carbocycles. The molecular formula is C16H14N2O5S. The van der Waals surface area contributed by atoms with Gasteiger partial charge >= 0.3 is 5.00 Å². The Labute approximate surface area is 141 Å². The van der Waals surface area contributed by atoms with Gasteiger partial charge in [-0.05, 0) is 31.0 Å². The molecule has 0 bridgehead atoms. The first-order chi connectivity index (χ1) is 11.5. The molecule has 2 heterocycles. The van der Waals surface area contributed by atoms with Crippen molar-refractivity contribution in [2.75, 3.05) is 5.32 Å². The first-order valence-electron chi connectivity index (χ1n) is 7.62. The number of hydrogen-bond donors (Lipinski definition) is 1. The van der Waals surface area contributed by atoms with Crippen LogP contribution in [0.3, 0.4) is 0 Å². The third-order valence-electron chi connectivity index (χ3n) is 4.15. The summed E-state index contributed by atoms with van der Waals surface area (Å²) in [7, 11) is 0. The van der Waals surface area contributed by atoms with Crippen molar-refractivity contribution in [1.82, 2.24) is 0 Å². The topological polar surface area (TPSA) is 90.7 Å². The Morgan fingerprint density at radius 3 is 2.62 bits per heavy atom. The molecule has 1 spiro atoms. The Kier molecular flexibility index (Phi) is 3.42. The predicted molar refractivity (Wildman–Crippen MR) is 87.8 cm³/mol. The summed E-state index contributed by atoms with van der Waals surface area (Å²) in [6, 6.07) is 8.00. The highest BCUT2D eigenvalue weighted by atomic mass is 32.1. The van der Waals surface area contributed by atoms with Gasteiger partial charge in [-0.1, -0.05) is 11.3 Å². The fourth-order valence-electron chi connectivity index (χ4n) is 3.03. The molecule has 1 aliphatic heterocycles. The summed E-state index contributed by atoms with van der Waals surface area (Å²) >= 11 is 0.842. The van der Waals surface area contributed by atoms with E-state index in [4.69, 9.17) is 9.47 Å². The van der Waals surface area contributed by atoms with Crippen LogP contribution in [0.1, 0.15) is 35.4 Å². The Morgan fingerprint density at radius 2 is 1.92 bits per heavy atom. The highest BCUT2D eigenvalue weighted by Gasteiger charge is 2.44. The number of carbonyl (C=O) groups is 1. The number of nitrogens with zero attached hydrogens (tertiary/aromatic N) is 1. The molecule has 1 N–H and O–H groups in total. The molecule has 7 nitrogen and oxygen atoms in total. The van der Waals surface area contributed by atoms with E-state index < -0.39 is 10.7 Å². The minimum Gasteiger partial charge on any atom is -0.448 e. The molecule has 0 atom stereocenters. The Balaban J connectivity index is 1.50. The van der Waals surface area contributed by atoms with E-state index in [1.54, 1.807) is 18.2 Å². The highest BCUT2D eigenvalue weighted by molar-refractivity contribution is 7.17. The first-order valence-corrected chi connectivity index (χ1v) is 8.44. The second-order valence-electron chi connectivity index (χ2n) is 5.83. The number of thiophene rings is 1. The van der Waals surface area contributed by atoms with Gasteiger partial charge in [-0.3, -0.25) is 14.9 Å². The van der Waals surface area contributed by atoms with Crippen LogP contribution >= 0.6 is 11.3 Å². The molecule has 0 unspecified atom stereocenters. The van der Waals surface area contributed by atoms with Gasteiger partial charge in [0.1, 0.15) is 0 Å². The fourth-order valence-corrected chi connectivity index (χ4v) is 3.75. The van der Waals surface area contributed by atoms with E-state index in [2.05, 4.69) is 5.32 Å². The summed E-state index contributed by atoms with van der Waals surface area (Å²) in [4.78, 5) is 22.7. The quantitative estimate of drug-likeness (QED) is 0.671. The summed E-state index contributed by atoms with van der Waals surface area (Å²) in [5, 5.41) is 13.4. The van der Waals surface area contributed by atoms with Crippen molar-refractivity contribution in [1.29, 1.82) is 0 Å². The van der Waals surface area contributed by atoms with Crippen LogP contribution in [0.4, 0.5) is 10.7 Å². The average Bonchev–Trinajstić information content (AvgIpc) is 3.26. The molecule has 1 saturated carbocycles. The maximum atomic E-state index is 12.2. The van der Waals surface area contributed by atoms with E-state index in [1.165, 1.54) is 12.1 Å². The van der Waals surface area contributed by atoms with Gasteiger partial charge in [-0.25, -0.2) is 0 Å². The van der Waals surface area contributed by atoms with Gasteiger partial charge in [0, 0.05) is 30.7 Å². The molecular weight excluding hydrogens is 332 g/mol. The van der Waals surface area contributed by atoms with E-state index in [0.717, 1.165) is 37.0 Å². The van der Waals surface area contributed by atoms with Crippen molar-refractivity contribution in [2.45, 2.75) is 31.5 Å². The number of amides is 1. The molecule has 2 aromatic rings. The maximum absolute atomic E-state index is 12.2. The van der Waals surface area contributed by atoms with Crippen LogP contribution in [0.15, 0.2) is 30.3 Å². The van der Waals surface area contributed by atoms with Gasteiger partial charge in [-0.15, -0.1) is 0 Å². The molecule has 24 heavy (non-hydrogen) atoms. The molecule has 8 heteroatoms. The lowest BCUT2D eigenvalue weighted by atomic mass is 10.2. The Bertz CT molecular complexity index is 826. The van der Waals surface area contributed by atoms with Crippen LogP contribution in [0, 0.1) is 10.1 Å². The maximum Gasteiger partial charge on any atom is 0.324 e. The van der Waals surface area contributed by atoms with Crippen molar-refractivity contribution in [3.63, 3.8) is 0 Å². The van der Waals surface area contributed by atoms with Crippen LogP contribution in [0.2, 0.25) is 0 Å². The van der Waals surface area contributed by atoms with Crippen molar-refractivity contribution in [3.05, 3.63) is 45.3 Å². The first kappa shape index (κ1) is 14.9. The van der Waals surface area contributed by atoms with Crippen LogP contribution in [0.25, 0.3) is 0 Å². The summed E-state index contributed by atoms with van der Waals surface area (Å²) in [5.74, 6) is 0.371. The monoisotopic (exact) mass is 346 g/mol. The van der Waals surface area contributed by atoms with E-state index in [9.17, 15) is 14.9 Å². The lowest BCUT2D eigenvalue weighted by Gasteiger charge is -2.21. The molecule has 4 rings (SSSR count). The molecule has 124 valence electrons. The summed E-state index contributed by atoms with van der Waals surface area (Å²) < 4.78 is 11.9. The predicted octanol–water partition coefficient (Wildman–Crippen LogP) is 3.95. The molecule has 1 aromatic heterocycles. The van der Waals surface area contributed by atoms with Crippen LogP contribution in [0.5, 0.6) is 11.5 Å². The lowest BCUT2D eigenvalue weighted by Crippen LogP contribution is -2.34. The van der Waals surface area contributed by atoms with Crippen molar-refractivity contribution < 1.29 is 19.2 Å². The van der Waals surface area contributed by atoms with Gasteiger partial charge in [0.25, 0.3) is 11.7 Å². The standard InChI is InChI=1S/C16H14N2O5S/c19-15(13-5-6-14(24-13)18(20)21)17-10-3-4-11-12(9-10)23-16(22-11)7-1-2-8-16/h3-6,9H,1-2,7-8H2,(H,17,19). The second-order valence-corrected chi connectivity index (χ2v) is 6.89. The van der Waals surface area contributed by atoms with Crippen LogP contribution in [-0.2, 0) is 0 Å². The van der Waals surface area contributed by atoms with Crippen LogP contribution in [-0.4, -0.2) is 16.6 Å². The number of rotatable bonds is 3. The molecule has 1 amide bonds. The van der Waals surface area contributed by atoms with Crippen LogP contribution < -0.4 is 14.8 Å². The summed E-state index contributed by atoms with van der Waals surface area (Å²) in [6.07, 6.45) is 3.88. The number of nitro groups is 1. The normalized spacial score (nSPS) is 17.2. The number of nitrogens with one attached hydrogen (secondary N) is 1. The number of ether oxygens (including phenoxy) is 2. The molecule has 0 radical (unpaired) electrons. The Hall–Kier alpha value is -2.61. The minimum atomic E-state index is -0.542. The summed E-state index contributed by atoms with van der Waals surface area (Å²) in [6.45, 7) is 0. The average molecular weight is 346 g/mol. The number of hydrogen-bond acceptors (Lipinski definition) is 6. The molecule has 0 saturated heterocycles. The minimum absolute atomic E-state index is 0.0611. The van der Waals surface area contributed by atoms with Crippen molar-refractivity contribution >= 4 is 27.9 Å². The second kappa shape index (κ2) is 5.48. The van der Waals surface area contributed by atoms with E-state index in [1.807, 2.05) is 0 Å². The van der Waals surface area contributed by atoms with Gasteiger partial charge in [0.05, 0.1) is 9.80 Å². The molecule has 2 aliphatic rings. The van der Waals surface area contributed by atoms with E-state index >= 15 is 0 Å². The van der Waals surface area contributed by atoms with Gasteiger partial charge in [0.15, 0.2) is 11.5 Å². The zero-order valence-electron chi connectivity index (χ0n) is 12.6.